The Bertz CT molecular complexity index is 401. The lowest BCUT2D eigenvalue weighted by atomic mass is 9.82. The van der Waals surface area contributed by atoms with Crippen LogP contribution in [0.2, 0.25) is 0 Å². The normalized spacial score (nSPS) is 18.2. The number of benzene rings is 1. The highest BCUT2D eigenvalue weighted by molar-refractivity contribution is 9.09. The first-order chi connectivity index (χ1) is 9.67. The average Bonchev–Trinajstić information content (AvgIpc) is 2.49. The topological polar surface area (TPSA) is 21.7 Å². The van der Waals surface area contributed by atoms with Crippen LogP contribution in [0.1, 0.15) is 18.4 Å². The number of alkyl halides is 1. The Kier molecular flexibility index (Phi) is 5.87. The molecular weight excluding hydrogens is 318 g/mol. The number of hydrogen-bond donors (Lipinski definition) is 0. The van der Waals surface area contributed by atoms with E-state index in [0.717, 1.165) is 50.2 Å². The average molecular weight is 342 g/mol. The van der Waals surface area contributed by atoms with Gasteiger partial charge in [-0.25, -0.2) is 0 Å². The second kappa shape index (κ2) is 7.43. The number of halogens is 1. The van der Waals surface area contributed by atoms with Gasteiger partial charge in [-0.3, -0.25) is 0 Å². The Hall–Kier alpha value is -0.580. The van der Waals surface area contributed by atoms with Crippen LogP contribution in [0.5, 0.6) is 5.75 Å². The number of ether oxygens (including phenoxy) is 2. The standard InChI is InChI=1S/C16H24BrNO2/c1-18(11-14-3-5-15(19-2)6-4-14)13-16(12-17)7-9-20-10-8-16/h3-6H,7-13H2,1-2H3. The first-order valence-electron chi connectivity index (χ1n) is 7.13. The molecule has 0 amide bonds. The lowest BCUT2D eigenvalue weighted by Crippen LogP contribution is -2.41. The minimum atomic E-state index is 0.361. The highest BCUT2D eigenvalue weighted by Crippen LogP contribution is 2.33. The summed E-state index contributed by atoms with van der Waals surface area (Å²) in [6, 6.07) is 8.33. The SMILES string of the molecule is COc1ccc(CN(C)CC2(CBr)CCOCC2)cc1. The van der Waals surface area contributed by atoms with Crippen molar-refractivity contribution < 1.29 is 9.47 Å². The third-order valence-electron chi connectivity index (χ3n) is 4.05. The second-order valence-electron chi connectivity index (χ2n) is 5.77. The fourth-order valence-electron chi connectivity index (χ4n) is 2.81. The van der Waals surface area contributed by atoms with Gasteiger partial charge >= 0.3 is 0 Å². The highest BCUT2D eigenvalue weighted by atomic mass is 79.9. The van der Waals surface area contributed by atoms with E-state index < -0.39 is 0 Å². The molecule has 20 heavy (non-hydrogen) atoms. The van der Waals surface area contributed by atoms with Gasteiger partial charge in [0, 0.05) is 31.6 Å². The van der Waals surface area contributed by atoms with Crippen molar-refractivity contribution in [2.24, 2.45) is 5.41 Å². The summed E-state index contributed by atoms with van der Waals surface area (Å²) in [6.07, 6.45) is 2.29. The smallest absolute Gasteiger partial charge is 0.118 e. The molecule has 0 aromatic heterocycles. The quantitative estimate of drug-likeness (QED) is 0.741. The number of methoxy groups -OCH3 is 1. The molecule has 4 heteroatoms. The number of nitrogens with zero attached hydrogens (tertiary/aromatic N) is 1. The Balaban J connectivity index is 1.91. The molecule has 0 unspecified atom stereocenters. The highest BCUT2D eigenvalue weighted by Gasteiger charge is 2.32. The van der Waals surface area contributed by atoms with Crippen molar-refractivity contribution in [1.82, 2.24) is 4.90 Å². The molecule has 0 atom stereocenters. The van der Waals surface area contributed by atoms with Gasteiger partial charge in [-0.05, 0) is 43.0 Å². The van der Waals surface area contributed by atoms with Crippen molar-refractivity contribution in [3.63, 3.8) is 0 Å². The van der Waals surface area contributed by atoms with Crippen LogP contribution in [0.25, 0.3) is 0 Å². The summed E-state index contributed by atoms with van der Waals surface area (Å²) in [6.45, 7) is 3.86. The molecule has 0 N–H and O–H groups in total. The van der Waals surface area contributed by atoms with Gasteiger partial charge in [0.2, 0.25) is 0 Å². The van der Waals surface area contributed by atoms with E-state index in [4.69, 9.17) is 9.47 Å². The van der Waals surface area contributed by atoms with Gasteiger partial charge < -0.3 is 14.4 Å². The number of rotatable bonds is 6. The monoisotopic (exact) mass is 341 g/mol. The third kappa shape index (κ3) is 4.21. The lowest BCUT2D eigenvalue weighted by Gasteiger charge is -2.38. The molecule has 2 rings (SSSR count). The van der Waals surface area contributed by atoms with Crippen LogP contribution in [-0.2, 0) is 11.3 Å². The maximum absolute atomic E-state index is 5.50. The maximum atomic E-state index is 5.50. The molecule has 1 saturated heterocycles. The van der Waals surface area contributed by atoms with Crippen molar-refractivity contribution in [1.29, 1.82) is 0 Å². The second-order valence-corrected chi connectivity index (χ2v) is 6.33. The van der Waals surface area contributed by atoms with Crippen molar-refractivity contribution >= 4 is 15.9 Å². The third-order valence-corrected chi connectivity index (χ3v) is 5.24. The van der Waals surface area contributed by atoms with Gasteiger partial charge in [0.15, 0.2) is 0 Å². The van der Waals surface area contributed by atoms with Crippen LogP contribution < -0.4 is 4.74 Å². The molecule has 1 heterocycles. The summed E-state index contributed by atoms with van der Waals surface area (Å²) in [5, 5.41) is 1.05. The lowest BCUT2D eigenvalue weighted by molar-refractivity contribution is 0.0110. The summed E-state index contributed by atoms with van der Waals surface area (Å²) < 4.78 is 10.7. The van der Waals surface area contributed by atoms with Gasteiger partial charge in [-0.15, -0.1) is 0 Å². The largest absolute Gasteiger partial charge is 0.497 e. The first-order valence-corrected chi connectivity index (χ1v) is 8.25. The van der Waals surface area contributed by atoms with E-state index in [1.807, 2.05) is 12.1 Å². The maximum Gasteiger partial charge on any atom is 0.118 e. The molecule has 1 aliphatic heterocycles. The van der Waals surface area contributed by atoms with Crippen molar-refractivity contribution in [3.05, 3.63) is 29.8 Å². The predicted molar refractivity (Wildman–Crippen MR) is 85.6 cm³/mol. The van der Waals surface area contributed by atoms with E-state index >= 15 is 0 Å². The molecule has 112 valence electrons. The van der Waals surface area contributed by atoms with Gasteiger partial charge in [-0.2, -0.15) is 0 Å². The van der Waals surface area contributed by atoms with Crippen molar-refractivity contribution in [3.8, 4) is 5.75 Å². The van der Waals surface area contributed by atoms with E-state index in [1.165, 1.54) is 5.56 Å². The molecule has 1 aliphatic rings. The molecule has 0 radical (unpaired) electrons. The summed E-state index contributed by atoms with van der Waals surface area (Å²) in [4.78, 5) is 2.41. The fourth-order valence-corrected chi connectivity index (χ4v) is 3.55. The van der Waals surface area contributed by atoms with E-state index in [2.05, 4.69) is 40.0 Å². The van der Waals surface area contributed by atoms with Gasteiger partial charge in [0.05, 0.1) is 7.11 Å². The zero-order chi connectivity index (χ0) is 14.4. The van der Waals surface area contributed by atoms with Gasteiger partial charge in [-0.1, -0.05) is 28.1 Å². The molecule has 0 spiro atoms. The molecule has 0 saturated carbocycles. The van der Waals surface area contributed by atoms with Crippen LogP contribution in [0, 0.1) is 5.41 Å². The van der Waals surface area contributed by atoms with Crippen LogP contribution in [0.4, 0.5) is 0 Å². The predicted octanol–water partition coefficient (Wildman–Crippen LogP) is 3.32. The van der Waals surface area contributed by atoms with Gasteiger partial charge in [0.25, 0.3) is 0 Å². The zero-order valence-electron chi connectivity index (χ0n) is 12.4. The van der Waals surface area contributed by atoms with Crippen LogP contribution in [-0.4, -0.2) is 44.1 Å². The molecule has 3 nitrogen and oxygen atoms in total. The molecule has 0 bridgehead atoms. The summed E-state index contributed by atoms with van der Waals surface area (Å²) in [5.74, 6) is 0.915. The van der Waals surface area contributed by atoms with Gasteiger partial charge in [0.1, 0.15) is 5.75 Å². The number of hydrogen-bond acceptors (Lipinski definition) is 3. The van der Waals surface area contributed by atoms with E-state index in [0.29, 0.717) is 5.41 Å². The summed E-state index contributed by atoms with van der Waals surface area (Å²) in [7, 11) is 3.90. The Labute approximate surface area is 130 Å². The minimum Gasteiger partial charge on any atom is -0.497 e. The summed E-state index contributed by atoms with van der Waals surface area (Å²) in [5.41, 5.74) is 1.68. The molecule has 1 fully saturated rings. The Morgan fingerprint density at radius 1 is 1.25 bits per heavy atom. The van der Waals surface area contributed by atoms with Crippen molar-refractivity contribution in [2.75, 3.05) is 39.2 Å². The van der Waals surface area contributed by atoms with E-state index in [-0.39, 0.29) is 0 Å². The molecule has 1 aromatic rings. The van der Waals surface area contributed by atoms with Crippen molar-refractivity contribution in [2.45, 2.75) is 19.4 Å². The first kappa shape index (κ1) is 15.8. The molecule has 1 aromatic carbocycles. The zero-order valence-corrected chi connectivity index (χ0v) is 14.0. The van der Waals surface area contributed by atoms with Crippen LogP contribution in [0.3, 0.4) is 0 Å². The molecular formula is C16H24BrNO2. The molecule has 0 aliphatic carbocycles. The van der Waals surface area contributed by atoms with E-state index in [9.17, 15) is 0 Å². The Morgan fingerprint density at radius 2 is 1.90 bits per heavy atom. The van der Waals surface area contributed by atoms with E-state index in [1.54, 1.807) is 7.11 Å². The summed E-state index contributed by atoms with van der Waals surface area (Å²) >= 11 is 3.70. The Morgan fingerprint density at radius 3 is 2.45 bits per heavy atom. The minimum absolute atomic E-state index is 0.361. The van der Waals surface area contributed by atoms with Crippen LogP contribution in [0.15, 0.2) is 24.3 Å². The fraction of sp³-hybridized carbons (Fsp3) is 0.625. The van der Waals surface area contributed by atoms with Crippen LogP contribution >= 0.6 is 15.9 Å².